The first-order valence-electron chi connectivity index (χ1n) is 5.76. The number of fused-ring (bicyclic) bond motifs is 1. The van der Waals surface area contributed by atoms with Crippen molar-refractivity contribution in [3.63, 3.8) is 0 Å². The van der Waals surface area contributed by atoms with Gasteiger partial charge in [0, 0.05) is 4.47 Å². The number of hydrogen-bond donors (Lipinski definition) is 1. The van der Waals surface area contributed by atoms with Crippen LogP contribution in [-0.2, 0) is 0 Å². The molecule has 2 aromatic carbocycles. The van der Waals surface area contributed by atoms with E-state index in [1.165, 1.54) is 12.1 Å². The van der Waals surface area contributed by atoms with Crippen molar-refractivity contribution in [1.29, 1.82) is 0 Å². The molecule has 3 nitrogen and oxygen atoms in total. The van der Waals surface area contributed by atoms with Gasteiger partial charge in [0.05, 0.1) is 16.7 Å². The Labute approximate surface area is 118 Å². The fraction of sp³-hybridized carbons (Fsp3) is 0.0714. The van der Waals surface area contributed by atoms with Crippen LogP contribution in [0.4, 0.5) is 10.3 Å². The first-order valence-corrected chi connectivity index (χ1v) is 6.55. The molecule has 3 aromatic rings. The Morgan fingerprint density at radius 3 is 2.74 bits per heavy atom. The number of rotatable bonds is 1. The zero-order valence-corrected chi connectivity index (χ0v) is 11.8. The molecule has 0 amide bonds. The fourth-order valence-corrected chi connectivity index (χ4v) is 2.54. The lowest BCUT2D eigenvalue weighted by molar-refractivity contribution is 0.626. The molecule has 0 aliphatic carbocycles. The Kier molecular flexibility index (Phi) is 2.78. The van der Waals surface area contributed by atoms with Crippen LogP contribution in [0, 0.1) is 12.7 Å². The summed E-state index contributed by atoms with van der Waals surface area (Å²) in [5.74, 6) is 0.134. The van der Waals surface area contributed by atoms with Crippen LogP contribution in [-0.4, -0.2) is 9.55 Å². The summed E-state index contributed by atoms with van der Waals surface area (Å²) in [6, 6.07) is 10.4. The van der Waals surface area contributed by atoms with Crippen molar-refractivity contribution in [2.45, 2.75) is 6.92 Å². The summed E-state index contributed by atoms with van der Waals surface area (Å²) in [5, 5.41) is 0. The molecular weight excluding hydrogens is 309 g/mol. The van der Waals surface area contributed by atoms with Crippen LogP contribution >= 0.6 is 15.9 Å². The van der Waals surface area contributed by atoms with Gasteiger partial charge in [-0.3, -0.25) is 4.57 Å². The molecule has 1 heterocycles. The van der Waals surface area contributed by atoms with Crippen molar-refractivity contribution in [2.75, 3.05) is 5.73 Å². The van der Waals surface area contributed by atoms with Gasteiger partial charge in [0.2, 0.25) is 5.95 Å². The molecule has 19 heavy (non-hydrogen) atoms. The third kappa shape index (κ3) is 2.00. The first kappa shape index (κ1) is 12.2. The molecule has 0 saturated carbocycles. The highest BCUT2D eigenvalue weighted by Crippen LogP contribution is 2.27. The molecule has 0 saturated heterocycles. The molecule has 0 bridgehead atoms. The number of nitrogens with two attached hydrogens (primary N) is 1. The van der Waals surface area contributed by atoms with E-state index in [9.17, 15) is 4.39 Å². The Hall–Kier alpha value is -1.88. The largest absolute Gasteiger partial charge is 0.369 e. The van der Waals surface area contributed by atoms with Crippen molar-refractivity contribution in [1.82, 2.24) is 9.55 Å². The normalized spacial score (nSPS) is 11.1. The van der Waals surface area contributed by atoms with Gasteiger partial charge in [0.25, 0.3) is 0 Å². The number of benzene rings is 2. The third-order valence-electron chi connectivity index (χ3n) is 3.04. The van der Waals surface area contributed by atoms with Crippen LogP contribution in [0.3, 0.4) is 0 Å². The van der Waals surface area contributed by atoms with E-state index in [0.717, 1.165) is 26.8 Å². The van der Waals surface area contributed by atoms with E-state index in [1.54, 1.807) is 6.07 Å². The highest BCUT2D eigenvalue weighted by Gasteiger charge is 2.12. The third-order valence-corrected chi connectivity index (χ3v) is 3.54. The van der Waals surface area contributed by atoms with Crippen molar-refractivity contribution >= 4 is 32.9 Å². The van der Waals surface area contributed by atoms with Crippen LogP contribution in [0.25, 0.3) is 16.7 Å². The molecule has 1 aromatic heterocycles. The molecule has 0 radical (unpaired) electrons. The lowest BCUT2D eigenvalue weighted by Crippen LogP contribution is -2.02. The van der Waals surface area contributed by atoms with E-state index >= 15 is 0 Å². The lowest BCUT2D eigenvalue weighted by atomic mass is 10.2. The molecule has 0 unspecified atom stereocenters. The van der Waals surface area contributed by atoms with Crippen LogP contribution in [0.15, 0.2) is 40.9 Å². The average molecular weight is 320 g/mol. The summed E-state index contributed by atoms with van der Waals surface area (Å²) >= 11 is 3.41. The minimum atomic E-state index is -0.257. The van der Waals surface area contributed by atoms with E-state index in [2.05, 4.69) is 20.9 Å². The van der Waals surface area contributed by atoms with Crippen LogP contribution in [0.5, 0.6) is 0 Å². The molecule has 0 spiro atoms. The van der Waals surface area contributed by atoms with Gasteiger partial charge in [-0.25, -0.2) is 9.37 Å². The van der Waals surface area contributed by atoms with Crippen molar-refractivity contribution in [3.8, 4) is 5.69 Å². The molecule has 0 aliphatic rings. The SMILES string of the molecule is Cc1cc(F)ccc1-n1c(N)nc2cc(Br)ccc21. The minimum Gasteiger partial charge on any atom is -0.369 e. The number of halogens is 2. The molecule has 0 atom stereocenters. The van der Waals surface area contributed by atoms with E-state index < -0.39 is 0 Å². The topological polar surface area (TPSA) is 43.8 Å². The van der Waals surface area contributed by atoms with Crippen molar-refractivity contribution in [2.24, 2.45) is 0 Å². The molecule has 3 rings (SSSR count). The van der Waals surface area contributed by atoms with Gasteiger partial charge < -0.3 is 5.73 Å². The molecular formula is C14H11BrFN3. The molecule has 0 fully saturated rings. The maximum atomic E-state index is 13.2. The molecule has 0 aliphatic heterocycles. The van der Waals surface area contributed by atoms with E-state index in [4.69, 9.17) is 5.73 Å². The van der Waals surface area contributed by atoms with Crippen LogP contribution in [0.1, 0.15) is 5.56 Å². The number of imidazole rings is 1. The number of nitrogen functional groups attached to an aromatic ring is 1. The number of hydrogen-bond acceptors (Lipinski definition) is 2. The standard InChI is InChI=1S/C14H11BrFN3/c1-8-6-10(16)3-5-12(8)19-13-4-2-9(15)7-11(13)18-14(19)17/h2-7H,1H3,(H2,17,18). The van der Waals surface area contributed by atoms with Crippen LogP contribution < -0.4 is 5.73 Å². The summed E-state index contributed by atoms with van der Waals surface area (Å²) in [5.41, 5.74) is 9.34. The van der Waals surface area contributed by atoms with Crippen LogP contribution in [0.2, 0.25) is 0 Å². The van der Waals surface area contributed by atoms with Crippen molar-refractivity contribution < 1.29 is 4.39 Å². The maximum Gasteiger partial charge on any atom is 0.205 e. The van der Waals surface area contributed by atoms with Gasteiger partial charge in [0.15, 0.2) is 0 Å². The first-order chi connectivity index (χ1) is 9.06. The van der Waals surface area contributed by atoms with E-state index in [1.807, 2.05) is 29.7 Å². The second kappa shape index (κ2) is 4.35. The lowest BCUT2D eigenvalue weighted by Gasteiger charge is -2.10. The second-order valence-electron chi connectivity index (χ2n) is 4.37. The monoisotopic (exact) mass is 319 g/mol. The second-order valence-corrected chi connectivity index (χ2v) is 5.28. The van der Waals surface area contributed by atoms with E-state index in [-0.39, 0.29) is 5.82 Å². The van der Waals surface area contributed by atoms with Gasteiger partial charge in [-0.1, -0.05) is 15.9 Å². The van der Waals surface area contributed by atoms with Gasteiger partial charge in [-0.15, -0.1) is 0 Å². The molecule has 5 heteroatoms. The zero-order chi connectivity index (χ0) is 13.6. The minimum absolute atomic E-state index is 0.257. The Bertz CT molecular complexity index is 780. The number of aromatic nitrogens is 2. The zero-order valence-electron chi connectivity index (χ0n) is 10.2. The number of aryl methyl sites for hydroxylation is 1. The Balaban J connectivity index is 2.33. The Morgan fingerprint density at radius 2 is 2.00 bits per heavy atom. The quantitative estimate of drug-likeness (QED) is 0.741. The van der Waals surface area contributed by atoms with Gasteiger partial charge >= 0.3 is 0 Å². The summed E-state index contributed by atoms with van der Waals surface area (Å²) in [7, 11) is 0. The fourth-order valence-electron chi connectivity index (χ4n) is 2.19. The maximum absolute atomic E-state index is 13.2. The van der Waals surface area contributed by atoms with Gasteiger partial charge in [0.1, 0.15) is 5.82 Å². The van der Waals surface area contributed by atoms with Gasteiger partial charge in [-0.2, -0.15) is 0 Å². The smallest absolute Gasteiger partial charge is 0.205 e. The highest BCUT2D eigenvalue weighted by molar-refractivity contribution is 9.10. The summed E-state index contributed by atoms with van der Waals surface area (Å²) < 4.78 is 16.0. The highest BCUT2D eigenvalue weighted by atomic mass is 79.9. The predicted octanol–water partition coefficient (Wildman–Crippen LogP) is 3.82. The summed E-state index contributed by atoms with van der Waals surface area (Å²) in [6.07, 6.45) is 0. The molecule has 96 valence electrons. The summed E-state index contributed by atoms with van der Waals surface area (Å²) in [4.78, 5) is 4.33. The van der Waals surface area contributed by atoms with Crippen molar-refractivity contribution in [3.05, 3.63) is 52.3 Å². The van der Waals surface area contributed by atoms with E-state index in [0.29, 0.717) is 5.95 Å². The number of anilines is 1. The van der Waals surface area contributed by atoms with Gasteiger partial charge in [-0.05, 0) is 48.9 Å². The molecule has 2 N–H and O–H groups in total. The number of nitrogens with zero attached hydrogens (tertiary/aromatic N) is 2. The predicted molar refractivity (Wildman–Crippen MR) is 77.9 cm³/mol. The average Bonchev–Trinajstić information content (AvgIpc) is 2.65. The summed E-state index contributed by atoms with van der Waals surface area (Å²) in [6.45, 7) is 1.85. The Morgan fingerprint density at radius 1 is 1.21 bits per heavy atom.